The van der Waals surface area contributed by atoms with Crippen LogP contribution in [0.4, 0.5) is 5.69 Å². The molecule has 0 atom stereocenters. The highest BCUT2D eigenvalue weighted by Gasteiger charge is 2.20. The van der Waals surface area contributed by atoms with Gasteiger partial charge in [0.2, 0.25) is 0 Å². The Morgan fingerprint density at radius 1 is 1.20 bits per heavy atom. The number of aromatic nitrogens is 4. The van der Waals surface area contributed by atoms with Crippen molar-refractivity contribution in [3.63, 3.8) is 0 Å². The molecule has 6 nitrogen and oxygen atoms in total. The molecule has 1 amide bonds. The summed E-state index contributed by atoms with van der Waals surface area (Å²) >= 11 is 6.11. The lowest BCUT2D eigenvalue weighted by molar-refractivity contribution is 0.101. The van der Waals surface area contributed by atoms with Crippen molar-refractivity contribution < 1.29 is 4.79 Å². The average molecular weight is 358 g/mol. The minimum absolute atomic E-state index is 0.283. The Balaban J connectivity index is 1.86. The van der Waals surface area contributed by atoms with Gasteiger partial charge in [0.15, 0.2) is 0 Å². The fourth-order valence-corrected chi connectivity index (χ4v) is 3.02. The number of rotatable bonds is 5. The van der Waals surface area contributed by atoms with E-state index in [9.17, 15) is 4.79 Å². The van der Waals surface area contributed by atoms with Crippen LogP contribution in [0.3, 0.4) is 0 Å². The molecule has 3 aromatic rings. The first-order valence-corrected chi connectivity index (χ1v) is 8.49. The van der Waals surface area contributed by atoms with Gasteiger partial charge in [-0.1, -0.05) is 41.9 Å². The van der Waals surface area contributed by atoms with Gasteiger partial charge < -0.3 is 5.32 Å². The summed E-state index contributed by atoms with van der Waals surface area (Å²) in [6.07, 6.45) is 1.48. The molecular weight excluding hydrogens is 338 g/mol. The summed E-state index contributed by atoms with van der Waals surface area (Å²) in [6.45, 7) is 6.95. The molecule has 7 heteroatoms. The summed E-state index contributed by atoms with van der Waals surface area (Å²) in [5.74, 6) is -0.283. The summed E-state index contributed by atoms with van der Waals surface area (Å²) in [6, 6.07) is 10.1. The summed E-state index contributed by atoms with van der Waals surface area (Å²) in [4.78, 5) is 12.7. The van der Waals surface area contributed by atoms with Crippen molar-refractivity contribution in [2.24, 2.45) is 0 Å². The second-order valence-corrected chi connectivity index (χ2v) is 6.21. The zero-order chi connectivity index (χ0) is 18.0. The molecule has 2 heterocycles. The second-order valence-electron chi connectivity index (χ2n) is 5.80. The average Bonchev–Trinajstić information content (AvgIpc) is 3.10. The fourth-order valence-electron chi connectivity index (χ4n) is 2.79. The van der Waals surface area contributed by atoms with E-state index in [2.05, 4.69) is 15.5 Å². The number of hydrogen-bond acceptors (Lipinski definition) is 3. The molecule has 0 unspecified atom stereocenters. The lowest BCUT2D eigenvalue weighted by Crippen LogP contribution is -2.18. The molecule has 1 N–H and O–H groups in total. The maximum Gasteiger partial charge on any atom is 0.275 e. The SMILES string of the molecule is CCn1ncc(Cl)c1C(=O)Nc1c(C)nn(Cc2ccccc2)c1C. The first-order chi connectivity index (χ1) is 12.0. The predicted octanol–water partition coefficient (Wildman–Crippen LogP) is 3.67. The van der Waals surface area contributed by atoms with Crippen molar-refractivity contribution in [1.29, 1.82) is 0 Å². The minimum Gasteiger partial charge on any atom is -0.317 e. The van der Waals surface area contributed by atoms with Crippen molar-refractivity contribution in [3.8, 4) is 0 Å². The van der Waals surface area contributed by atoms with Gasteiger partial charge in [0.1, 0.15) is 5.69 Å². The Labute approximate surface area is 151 Å². The number of aryl methyl sites for hydroxylation is 2. The molecule has 0 spiro atoms. The third kappa shape index (κ3) is 3.44. The van der Waals surface area contributed by atoms with Gasteiger partial charge in [-0.15, -0.1) is 0 Å². The Bertz CT molecular complexity index is 898. The van der Waals surface area contributed by atoms with Gasteiger partial charge in [0.25, 0.3) is 5.91 Å². The van der Waals surface area contributed by atoms with Crippen LogP contribution in [0, 0.1) is 13.8 Å². The van der Waals surface area contributed by atoms with Crippen molar-refractivity contribution in [1.82, 2.24) is 19.6 Å². The van der Waals surface area contributed by atoms with Crippen LogP contribution in [0.25, 0.3) is 0 Å². The zero-order valence-corrected chi connectivity index (χ0v) is 15.2. The molecule has 2 aromatic heterocycles. The summed E-state index contributed by atoms with van der Waals surface area (Å²) in [5, 5.41) is 11.9. The number of benzene rings is 1. The van der Waals surface area contributed by atoms with Crippen molar-refractivity contribution >= 4 is 23.2 Å². The predicted molar refractivity (Wildman–Crippen MR) is 98.1 cm³/mol. The lowest BCUT2D eigenvalue weighted by Gasteiger charge is -2.09. The van der Waals surface area contributed by atoms with Crippen LogP contribution in [0.15, 0.2) is 36.5 Å². The van der Waals surface area contributed by atoms with Crippen molar-refractivity contribution in [2.45, 2.75) is 33.9 Å². The normalized spacial score (nSPS) is 10.9. The van der Waals surface area contributed by atoms with Crippen LogP contribution in [0.2, 0.25) is 5.02 Å². The van der Waals surface area contributed by atoms with E-state index in [1.807, 2.05) is 55.8 Å². The quantitative estimate of drug-likeness (QED) is 0.757. The number of anilines is 1. The van der Waals surface area contributed by atoms with E-state index in [1.165, 1.54) is 6.20 Å². The number of nitrogens with zero attached hydrogens (tertiary/aromatic N) is 4. The number of carbonyl (C=O) groups is 1. The van der Waals surface area contributed by atoms with Gasteiger partial charge in [-0.2, -0.15) is 10.2 Å². The summed E-state index contributed by atoms with van der Waals surface area (Å²) in [7, 11) is 0. The van der Waals surface area contributed by atoms with E-state index in [-0.39, 0.29) is 5.91 Å². The molecule has 3 rings (SSSR count). The van der Waals surface area contributed by atoms with Gasteiger partial charge in [-0.3, -0.25) is 14.2 Å². The van der Waals surface area contributed by atoms with E-state index in [4.69, 9.17) is 11.6 Å². The number of amides is 1. The molecule has 0 aliphatic heterocycles. The Kier molecular flexibility index (Phi) is 4.90. The first kappa shape index (κ1) is 17.2. The zero-order valence-electron chi connectivity index (χ0n) is 14.5. The number of carbonyl (C=O) groups excluding carboxylic acids is 1. The maximum atomic E-state index is 12.7. The summed E-state index contributed by atoms with van der Waals surface area (Å²) in [5.41, 5.74) is 3.88. The highest BCUT2D eigenvalue weighted by Crippen LogP contribution is 2.23. The van der Waals surface area contributed by atoms with Gasteiger partial charge >= 0.3 is 0 Å². The highest BCUT2D eigenvalue weighted by atomic mass is 35.5. The van der Waals surface area contributed by atoms with Gasteiger partial charge in [0, 0.05) is 6.54 Å². The Morgan fingerprint density at radius 3 is 2.60 bits per heavy atom. The van der Waals surface area contributed by atoms with E-state index in [0.29, 0.717) is 29.5 Å². The second kappa shape index (κ2) is 7.11. The molecule has 130 valence electrons. The monoisotopic (exact) mass is 357 g/mol. The maximum absolute atomic E-state index is 12.7. The number of halogens is 1. The van der Waals surface area contributed by atoms with E-state index in [1.54, 1.807) is 4.68 Å². The largest absolute Gasteiger partial charge is 0.317 e. The van der Waals surface area contributed by atoms with Crippen LogP contribution < -0.4 is 5.32 Å². The Morgan fingerprint density at radius 2 is 1.92 bits per heavy atom. The first-order valence-electron chi connectivity index (χ1n) is 8.11. The van der Waals surface area contributed by atoms with Crippen LogP contribution in [-0.2, 0) is 13.1 Å². The molecule has 1 aromatic carbocycles. The van der Waals surface area contributed by atoms with Crippen molar-refractivity contribution in [2.75, 3.05) is 5.32 Å². The van der Waals surface area contributed by atoms with Crippen LogP contribution in [-0.4, -0.2) is 25.5 Å². The van der Waals surface area contributed by atoms with Crippen LogP contribution in [0.1, 0.15) is 34.4 Å². The summed E-state index contributed by atoms with van der Waals surface area (Å²) < 4.78 is 3.47. The van der Waals surface area contributed by atoms with Gasteiger partial charge in [-0.25, -0.2) is 0 Å². The smallest absolute Gasteiger partial charge is 0.275 e. The molecule has 0 aliphatic carbocycles. The van der Waals surface area contributed by atoms with E-state index in [0.717, 1.165) is 17.0 Å². The molecular formula is C18H20ClN5O. The molecule has 0 saturated heterocycles. The minimum atomic E-state index is -0.283. The molecule has 25 heavy (non-hydrogen) atoms. The fraction of sp³-hybridized carbons (Fsp3) is 0.278. The van der Waals surface area contributed by atoms with Gasteiger partial charge in [-0.05, 0) is 26.3 Å². The van der Waals surface area contributed by atoms with Crippen LogP contribution >= 0.6 is 11.6 Å². The third-order valence-corrected chi connectivity index (χ3v) is 4.38. The molecule has 0 saturated carbocycles. The number of hydrogen-bond donors (Lipinski definition) is 1. The molecule has 0 bridgehead atoms. The van der Waals surface area contributed by atoms with E-state index < -0.39 is 0 Å². The van der Waals surface area contributed by atoms with Crippen molar-refractivity contribution in [3.05, 3.63) is 64.2 Å². The molecule has 0 radical (unpaired) electrons. The standard InChI is InChI=1S/C18H20ClN5O/c1-4-23-17(15(19)10-20-23)18(25)21-16-12(2)22-24(13(16)3)11-14-8-6-5-7-9-14/h5-10H,4,11H2,1-3H3,(H,21,25). The number of nitrogens with one attached hydrogen (secondary N) is 1. The lowest BCUT2D eigenvalue weighted by atomic mass is 10.2. The molecule has 0 aliphatic rings. The Hall–Kier alpha value is -2.60. The highest BCUT2D eigenvalue weighted by molar-refractivity contribution is 6.34. The topological polar surface area (TPSA) is 64.7 Å². The molecule has 0 fully saturated rings. The van der Waals surface area contributed by atoms with E-state index >= 15 is 0 Å². The third-order valence-electron chi connectivity index (χ3n) is 4.10. The van der Waals surface area contributed by atoms with Crippen LogP contribution in [0.5, 0.6) is 0 Å². The van der Waals surface area contributed by atoms with Gasteiger partial charge in [0.05, 0.1) is 34.8 Å².